The van der Waals surface area contributed by atoms with Crippen LogP contribution in [0.2, 0.25) is 0 Å². The molecule has 0 saturated heterocycles. The van der Waals surface area contributed by atoms with E-state index >= 15 is 0 Å². The third-order valence-corrected chi connectivity index (χ3v) is 3.44. The maximum atomic E-state index is 11.7. The zero-order valence-corrected chi connectivity index (χ0v) is 8.76. The SMILES string of the molecule is O=C(CSc1ncco1)C1CCCC1. The normalized spacial score (nSPS) is 17.4. The first-order chi connectivity index (χ1) is 6.86. The molecule has 4 heteroatoms. The number of thioether (sulfide) groups is 1. The summed E-state index contributed by atoms with van der Waals surface area (Å²) in [4.78, 5) is 15.6. The molecule has 0 radical (unpaired) electrons. The smallest absolute Gasteiger partial charge is 0.255 e. The van der Waals surface area contributed by atoms with Gasteiger partial charge in [-0.1, -0.05) is 24.6 Å². The van der Waals surface area contributed by atoms with Crippen LogP contribution in [-0.4, -0.2) is 16.5 Å². The van der Waals surface area contributed by atoms with Gasteiger partial charge in [0.2, 0.25) is 0 Å². The van der Waals surface area contributed by atoms with Crippen LogP contribution in [0.4, 0.5) is 0 Å². The van der Waals surface area contributed by atoms with E-state index in [1.54, 1.807) is 6.20 Å². The molecule has 1 saturated carbocycles. The monoisotopic (exact) mass is 211 g/mol. The largest absolute Gasteiger partial charge is 0.440 e. The first-order valence-electron chi connectivity index (χ1n) is 4.91. The van der Waals surface area contributed by atoms with Crippen molar-refractivity contribution in [1.29, 1.82) is 0 Å². The maximum Gasteiger partial charge on any atom is 0.255 e. The minimum absolute atomic E-state index is 0.303. The number of aromatic nitrogens is 1. The van der Waals surface area contributed by atoms with E-state index in [-0.39, 0.29) is 0 Å². The molecule has 0 N–H and O–H groups in total. The highest BCUT2D eigenvalue weighted by molar-refractivity contribution is 7.99. The molecule has 3 nitrogen and oxygen atoms in total. The molecule has 0 aromatic carbocycles. The highest BCUT2D eigenvalue weighted by Gasteiger charge is 2.22. The fraction of sp³-hybridized carbons (Fsp3) is 0.600. The van der Waals surface area contributed by atoms with Crippen molar-refractivity contribution < 1.29 is 9.21 Å². The second-order valence-electron chi connectivity index (χ2n) is 3.53. The van der Waals surface area contributed by atoms with Gasteiger partial charge in [0.1, 0.15) is 12.0 Å². The molecule has 0 bridgehead atoms. The molecule has 1 aromatic rings. The molecule has 2 rings (SSSR count). The fourth-order valence-corrected chi connectivity index (χ4v) is 2.54. The van der Waals surface area contributed by atoms with Gasteiger partial charge < -0.3 is 4.42 Å². The molecule has 0 atom stereocenters. The quantitative estimate of drug-likeness (QED) is 0.718. The first-order valence-corrected chi connectivity index (χ1v) is 5.90. The first kappa shape index (κ1) is 9.77. The molecule has 14 heavy (non-hydrogen) atoms. The Kier molecular flexibility index (Phi) is 3.24. The number of carbonyl (C=O) groups excluding carboxylic acids is 1. The standard InChI is InChI=1S/C10H13NO2S/c12-9(8-3-1-2-4-8)7-14-10-11-5-6-13-10/h5-6,8H,1-4,7H2. The number of nitrogens with zero attached hydrogens (tertiary/aromatic N) is 1. The van der Waals surface area contributed by atoms with Crippen molar-refractivity contribution in [1.82, 2.24) is 4.98 Å². The maximum absolute atomic E-state index is 11.7. The van der Waals surface area contributed by atoms with Crippen molar-refractivity contribution in [2.24, 2.45) is 5.92 Å². The van der Waals surface area contributed by atoms with Crippen molar-refractivity contribution in [3.63, 3.8) is 0 Å². The van der Waals surface area contributed by atoms with Gasteiger partial charge >= 0.3 is 0 Å². The molecular weight excluding hydrogens is 198 g/mol. The Morgan fingerprint density at radius 2 is 2.36 bits per heavy atom. The topological polar surface area (TPSA) is 43.1 Å². The van der Waals surface area contributed by atoms with E-state index in [4.69, 9.17) is 4.42 Å². The van der Waals surface area contributed by atoms with Crippen molar-refractivity contribution >= 4 is 17.5 Å². The van der Waals surface area contributed by atoms with Gasteiger partial charge in [0, 0.05) is 5.92 Å². The Labute approximate surface area is 87.3 Å². The van der Waals surface area contributed by atoms with Gasteiger partial charge in [0.05, 0.1) is 11.9 Å². The molecule has 0 amide bonds. The van der Waals surface area contributed by atoms with Crippen molar-refractivity contribution in [3.05, 3.63) is 12.5 Å². The number of Topliss-reactive ketones (excluding diaryl/α,β-unsaturated/α-hetero) is 1. The predicted molar refractivity (Wildman–Crippen MR) is 54.2 cm³/mol. The Balaban J connectivity index is 1.77. The van der Waals surface area contributed by atoms with Crippen LogP contribution >= 0.6 is 11.8 Å². The lowest BCUT2D eigenvalue weighted by atomic mass is 10.0. The minimum Gasteiger partial charge on any atom is -0.440 e. The summed E-state index contributed by atoms with van der Waals surface area (Å²) >= 11 is 1.39. The molecular formula is C10H13NO2S. The highest BCUT2D eigenvalue weighted by Crippen LogP contribution is 2.27. The van der Waals surface area contributed by atoms with Gasteiger partial charge in [-0.25, -0.2) is 4.98 Å². The number of ketones is 1. The van der Waals surface area contributed by atoms with Gasteiger partial charge in [-0.15, -0.1) is 0 Å². The predicted octanol–water partition coefficient (Wildman–Crippen LogP) is 2.53. The summed E-state index contributed by atoms with van der Waals surface area (Å²) in [5.41, 5.74) is 0. The number of hydrogen-bond donors (Lipinski definition) is 0. The Morgan fingerprint density at radius 3 is 3.00 bits per heavy atom. The number of hydrogen-bond acceptors (Lipinski definition) is 4. The molecule has 0 spiro atoms. The number of rotatable bonds is 4. The molecule has 1 aliphatic rings. The summed E-state index contributed by atoms with van der Waals surface area (Å²) < 4.78 is 5.05. The minimum atomic E-state index is 0.303. The third kappa shape index (κ3) is 2.38. The summed E-state index contributed by atoms with van der Waals surface area (Å²) in [6.07, 6.45) is 7.70. The average Bonchev–Trinajstić information content (AvgIpc) is 2.87. The zero-order valence-electron chi connectivity index (χ0n) is 7.94. The van der Waals surface area contributed by atoms with Crippen LogP contribution in [0.15, 0.2) is 22.1 Å². The molecule has 1 fully saturated rings. The number of carbonyl (C=O) groups is 1. The summed E-state index contributed by atoms with van der Waals surface area (Å²) in [7, 11) is 0. The molecule has 1 aromatic heterocycles. The van der Waals surface area contributed by atoms with Crippen molar-refractivity contribution in [2.45, 2.75) is 30.9 Å². The highest BCUT2D eigenvalue weighted by atomic mass is 32.2. The Morgan fingerprint density at radius 1 is 1.57 bits per heavy atom. The third-order valence-electron chi connectivity index (χ3n) is 2.56. The average molecular weight is 211 g/mol. The van der Waals surface area contributed by atoms with E-state index < -0.39 is 0 Å². The van der Waals surface area contributed by atoms with E-state index in [0.717, 1.165) is 12.8 Å². The van der Waals surface area contributed by atoms with Crippen LogP contribution in [0.3, 0.4) is 0 Å². The van der Waals surface area contributed by atoms with E-state index in [9.17, 15) is 4.79 Å². The van der Waals surface area contributed by atoms with Crippen molar-refractivity contribution in [3.8, 4) is 0 Å². The van der Waals surface area contributed by atoms with Gasteiger partial charge in [-0.05, 0) is 12.8 Å². The van der Waals surface area contributed by atoms with E-state index in [0.29, 0.717) is 22.7 Å². The van der Waals surface area contributed by atoms with Crippen LogP contribution in [0, 0.1) is 5.92 Å². The van der Waals surface area contributed by atoms with Crippen molar-refractivity contribution in [2.75, 3.05) is 5.75 Å². The molecule has 1 heterocycles. The summed E-state index contributed by atoms with van der Waals surface area (Å²) in [6, 6.07) is 0. The van der Waals surface area contributed by atoms with Gasteiger partial charge in [0.25, 0.3) is 5.22 Å². The van der Waals surface area contributed by atoms with Crippen LogP contribution in [0.25, 0.3) is 0 Å². The van der Waals surface area contributed by atoms with E-state index in [1.165, 1.54) is 30.9 Å². The Bertz CT molecular complexity index is 291. The lowest BCUT2D eigenvalue weighted by Crippen LogP contribution is -2.12. The molecule has 76 valence electrons. The zero-order chi connectivity index (χ0) is 9.80. The summed E-state index contributed by atoms with van der Waals surface area (Å²) in [5, 5.41) is 0.594. The Hall–Kier alpha value is -0.770. The number of oxazole rings is 1. The second-order valence-corrected chi connectivity index (χ2v) is 4.46. The van der Waals surface area contributed by atoms with E-state index in [1.807, 2.05) is 0 Å². The molecule has 0 aliphatic heterocycles. The van der Waals surface area contributed by atoms with Crippen LogP contribution in [0.1, 0.15) is 25.7 Å². The summed E-state index contributed by atoms with van der Waals surface area (Å²) in [5.74, 6) is 1.16. The fourth-order valence-electron chi connectivity index (χ4n) is 1.78. The summed E-state index contributed by atoms with van der Waals surface area (Å²) in [6.45, 7) is 0. The van der Waals surface area contributed by atoms with Crippen LogP contribution in [-0.2, 0) is 4.79 Å². The van der Waals surface area contributed by atoms with Crippen LogP contribution < -0.4 is 0 Å². The van der Waals surface area contributed by atoms with Gasteiger partial charge in [-0.3, -0.25) is 4.79 Å². The lowest BCUT2D eigenvalue weighted by Gasteiger charge is -2.05. The van der Waals surface area contributed by atoms with E-state index in [2.05, 4.69) is 4.98 Å². The lowest BCUT2D eigenvalue weighted by molar-refractivity contribution is -0.120. The second kappa shape index (κ2) is 4.64. The van der Waals surface area contributed by atoms with Gasteiger partial charge in [-0.2, -0.15) is 0 Å². The molecule has 1 aliphatic carbocycles. The van der Waals surface area contributed by atoms with Gasteiger partial charge in [0.15, 0.2) is 0 Å². The molecule has 0 unspecified atom stereocenters. The van der Waals surface area contributed by atoms with Crippen LogP contribution in [0.5, 0.6) is 0 Å².